The first-order valence-corrected chi connectivity index (χ1v) is 12.8. The molecular formula is C26H31N7O3. The molecule has 3 aliphatic heterocycles. The lowest BCUT2D eigenvalue weighted by molar-refractivity contribution is -0.144. The molecule has 3 amide bonds. The number of hydrogen-bond donors (Lipinski definition) is 2. The van der Waals surface area contributed by atoms with Gasteiger partial charge in [0.1, 0.15) is 11.2 Å². The predicted octanol–water partition coefficient (Wildman–Crippen LogP) is 1.84. The molecule has 2 N–H and O–H groups in total. The first kappa shape index (κ1) is 22.9. The van der Waals surface area contributed by atoms with Crippen LogP contribution in [0.25, 0.3) is 0 Å². The van der Waals surface area contributed by atoms with Crippen LogP contribution in [-0.4, -0.2) is 71.9 Å². The third kappa shape index (κ3) is 3.71. The van der Waals surface area contributed by atoms with Gasteiger partial charge in [0.2, 0.25) is 23.7 Å². The number of fused-ring (bicyclic) bond motifs is 1. The maximum Gasteiger partial charge on any atom is 0.245 e. The Bertz CT molecular complexity index is 1200. The van der Waals surface area contributed by atoms with Crippen molar-refractivity contribution in [2.75, 3.05) is 48.3 Å². The molecule has 10 nitrogen and oxygen atoms in total. The van der Waals surface area contributed by atoms with Crippen LogP contribution in [0.3, 0.4) is 0 Å². The van der Waals surface area contributed by atoms with Crippen LogP contribution in [0.4, 0.5) is 23.1 Å². The summed E-state index contributed by atoms with van der Waals surface area (Å²) in [5.41, 5.74) is 1.40. The van der Waals surface area contributed by atoms with Crippen molar-refractivity contribution in [2.45, 2.75) is 44.6 Å². The highest BCUT2D eigenvalue weighted by Gasteiger charge is 2.60. The molecule has 0 bridgehead atoms. The summed E-state index contributed by atoms with van der Waals surface area (Å²) in [5, 5.41) is 6.64. The van der Waals surface area contributed by atoms with Crippen LogP contribution in [-0.2, 0) is 20.8 Å². The van der Waals surface area contributed by atoms with Gasteiger partial charge in [0, 0.05) is 68.8 Å². The number of aromatic nitrogens is 2. The zero-order chi connectivity index (χ0) is 24.9. The molecule has 1 saturated carbocycles. The minimum absolute atomic E-state index is 0.0247. The van der Waals surface area contributed by atoms with E-state index in [9.17, 15) is 14.4 Å². The third-order valence-electron chi connectivity index (χ3n) is 8.03. The van der Waals surface area contributed by atoms with Crippen molar-refractivity contribution in [3.05, 3.63) is 36.0 Å². The van der Waals surface area contributed by atoms with E-state index in [1.807, 2.05) is 12.1 Å². The highest BCUT2D eigenvalue weighted by Crippen LogP contribution is 2.46. The number of carbonyl (C=O) groups excluding carboxylic acids is 3. The molecule has 10 heteroatoms. The lowest BCUT2D eigenvalue weighted by atomic mass is 9.76. The van der Waals surface area contributed by atoms with E-state index in [0.717, 1.165) is 68.0 Å². The molecule has 1 aromatic carbocycles. The van der Waals surface area contributed by atoms with Gasteiger partial charge >= 0.3 is 0 Å². The minimum atomic E-state index is -1.38. The van der Waals surface area contributed by atoms with Gasteiger partial charge in [-0.1, -0.05) is 12.8 Å². The van der Waals surface area contributed by atoms with Crippen LogP contribution in [0.5, 0.6) is 0 Å². The Morgan fingerprint density at radius 3 is 2.39 bits per heavy atom. The zero-order valence-corrected chi connectivity index (χ0v) is 20.5. The molecule has 4 heterocycles. The number of piperazine rings is 1. The van der Waals surface area contributed by atoms with Crippen LogP contribution in [0.2, 0.25) is 0 Å². The molecule has 0 radical (unpaired) electrons. The first-order valence-electron chi connectivity index (χ1n) is 12.8. The Balaban J connectivity index is 1.30. The number of nitrogens with zero attached hydrogens (tertiary/aromatic N) is 5. The summed E-state index contributed by atoms with van der Waals surface area (Å²) < 4.78 is 0. The summed E-state index contributed by atoms with van der Waals surface area (Å²) in [7, 11) is 1.46. The number of anilines is 4. The molecule has 1 aliphatic carbocycles. The molecule has 1 unspecified atom stereocenters. The Morgan fingerprint density at radius 2 is 1.72 bits per heavy atom. The summed E-state index contributed by atoms with van der Waals surface area (Å²) in [6.45, 7) is 3.93. The summed E-state index contributed by atoms with van der Waals surface area (Å²) >= 11 is 0. The Kier molecular flexibility index (Phi) is 5.63. The molecular weight excluding hydrogens is 458 g/mol. The molecule has 1 spiro atoms. The van der Waals surface area contributed by atoms with Gasteiger partial charge in [-0.2, -0.15) is 4.98 Å². The van der Waals surface area contributed by atoms with Gasteiger partial charge in [-0.15, -0.1) is 0 Å². The molecule has 4 aliphatic rings. The molecule has 2 aromatic rings. The van der Waals surface area contributed by atoms with E-state index in [1.54, 1.807) is 11.1 Å². The van der Waals surface area contributed by atoms with Crippen molar-refractivity contribution in [3.8, 4) is 0 Å². The van der Waals surface area contributed by atoms with Crippen molar-refractivity contribution in [1.29, 1.82) is 0 Å². The second-order valence-corrected chi connectivity index (χ2v) is 10.3. The number of benzene rings is 1. The molecule has 3 fully saturated rings. The van der Waals surface area contributed by atoms with Crippen molar-refractivity contribution >= 4 is 40.9 Å². The van der Waals surface area contributed by atoms with Crippen LogP contribution in [0.15, 0.2) is 30.5 Å². The van der Waals surface area contributed by atoms with Crippen molar-refractivity contribution in [2.24, 2.45) is 5.41 Å². The summed E-state index contributed by atoms with van der Waals surface area (Å²) in [5.74, 6) is -0.0668. The minimum Gasteiger partial charge on any atom is -0.369 e. The maximum atomic E-state index is 13.9. The Labute approximate surface area is 210 Å². The standard InChI is InChI=1S/C26H31N7O3/c1-31-21(34)15-26(23(31)35)14-17-16-28-25(30-22(17)33(24(26)36)20-4-2-3-5-20)29-18-6-8-19(9-7-18)32-12-10-27-11-13-32/h6-9,16,20,27H,2-5,10-15H2,1H3,(H,28,29,30). The number of likely N-dealkylation sites (tertiary alicyclic amines) is 1. The van der Waals surface area contributed by atoms with Crippen molar-refractivity contribution in [3.63, 3.8) is 0 Å². The second-order valence-electron chi connectivity index (χ2n) is 10.3. The van der Waals surface area contributed by atoms with E-state index in [1.165, 1.54) is 12.7 Å². The third-order valence-corrected chi connectivity index (χ3v) is 8.03. The van der Waals surface area contributed by atoms with Crippen LogP contribution in [0.1, 0.15) is 37.7 Å². The van der Waals surface area contributed by atoms with Crippen LogP contribution >= 0.6 is 0 Å². The smallest absolute Gasteiger partial charge is 0.245 e. The monoisotopic (exact) mass is 489 g/mol. The van der Waals surface area contributed by atoms with Gasteiger partial charge in [-0.05, 0) is 37.1 Å². The summed E-state index contributed by atoms with van der Waals surface area (Å²) in [6.07, 6.45) is 5.53. The number of amides is 3. The fourth-order valence-corrected chi connectivity index (χ4v) is 6.02. The highest BCUT2D eigenvalue weighted by molar-refractivity contribution is 6.21. The fourth-order valence-electron chi connectivity index (χ4n) is 6.02. The highest BCUT2D eigenvalue weighted by atomic mass is 16.2. The number of nitrogens with one attached hydrogen (secondary N) is 2. The topological polar surface area (TPSA) is 111 Å². The number of carbonyl (C=O) groups is 3. The van der Waals surface area contributed by atoms with Gasteiger partial charge in [0.15, 0.2) is 0 Å². The average molecular weight is 490 g/mol. The number of rotatable bonds is 4. The quantitative estimate of drug-likeness (QED) is 0.495. The molecule has 188 valence electrons. The van der Waals surface area contributed by atoms with Gasteiger partial charge in [-0.25, -0.2) is 4.98 Å². The summed E-state index contributed by atoms with van der Waals surface area (Å²) in [6, 6.07) is 8.16. The van der Waals surface area contributed by atoms with Gasteiger partial charge < -0.3 is 15.5 Å². The van der Waals surface area contributed by atoms with Gasteiger partial charge in [0.25, 0.3) is 0 Å². The largest absolute Gasteiger partial charge is 0.369 e. The second kappa shape index (κ2) is 8.85. The Hall–Kier alpha value is -3.53. The normalized spacial score (nSPS) is 24.7. The predicted molar refractivity (Wildman–Crippen MR) is 135 cm³/mol. The lowest BCUT2D eigenvalue weighted by Gasteiger charge is -2.40. The zero-order valence-electron chi connectivity index (χ0n) is 20.5. The molecule has 36 heavy (non-hydrogen) atoms. The van der Waals surface area contributed by atoms with E-state index in [0.29, 0.717) is 11.8 Å². The maximum absolute atomic E-state index is 13.9. The SMILES string of the molecule is CN1C(=O)CC2(Cc3cnc(Nc4ccc(N5CCNCC5)cc4)nc3N(C3CCCC3)C2=O)C1=O. The fraction of sp³-hybridized carbons (Fsp3) is 0.500. The average Bonchev–Trinajstić information content (AvgIpc) is 3.50. The van der Waals surface area contributed by atoms with E-state index in [-0.39, 0.29) is 30.7 Å². The van der Waals surface area contributed by atoms with E-state index in [4.69, 9.17) is 4.98 Å². The van der Waals surface area contributed by atoms with Crippen molar-refractivity contribution in [1.82, 2.24) is 20.2 Å². The van der Waals surface area contributed by atoms with Gasteiger partial charge in [-0.3, -0.25) is 24.2 Å². The van der Waals surface area contributed by atoms with E-state index < -0.39 is 11.3 Å². The lowest BCUT2D eigenvalue weighted by Crippen LogP contribution is -2.56. The molecule has 2 saturated heterocycles. The summed E-state index contributed by atoms with van der Waals surface area (Å²) in [4.78, 5) is 53.9. The molecule has 6 rings (SSSR count). The molecule has 1 aromatic heterocycles. The van der Waals surface area contributed by atoms with E-state index in [2.05, 4.69) is 32.7 Å². The number of hydrogen-bond acceptors (Lipinski definition) is 8. The van der Waals surface area contributed by atoms with Gasteiger partial charge in [0.05, 0.1) is 6.42 Å². The van der Waals surface area contributed by atoms with Crippen LogP contribution in [0, 0.1) is 5.41 Å². The first-order chi connectivity index (χ1) is 17.5. The van der Waals surface area contributed by atoms with Crippen molar-refractivity contribution < 1.29 is 14.4 Å². The van der Waals surface area contributed by atoms with Crippen LogP contribution < -0.4 is 20.4 Å². The van der Waals surface area contributed by atoms with E-state index >= 15 is 0 Å². The molecule has 1 atom stereocenters. The Morgan fingerprint density at radius 1 is 1.00 bits per heavy atom. The number of imide groups is 1.